The van der Waals surface area contributed by atoms with E-state index in [4.69, 9.17) is 0 Å². The second-order valence-electron chi connectivity index (χ2n) is 3.71. The van der Waals surface area contributed by atoms with Crippen LogP contribution in [0.25, 0.3) is 0 Å². The van der Waals surface area contributed by atoms with Gasteiger partial charge in [-0.05, 0) is 25.3 Å². The Labute approximate surface area is 74.9 Å². The molecule has 70 valence electrons. The zero-order chi connectivity index (χ0) is 8.97. The minimum absolute atomic E-state index is 0.122. The number of β-amino-alcohol motifs (C(OH)–C–C–N with tert-alkyl or cyclic N) is 1. The lowest BCUT2D eigenvalue weighted by Gasteiger charge is -2.33. The third-order valence-corrected chi connectivity index (χ3v) is 2.65. The van der Waals surface area contributed by atoms with Crippen LogP contribution in [0.1, 0.15) is 19.8 Å². The van der Waals surface area contributed by atoms with Crippen molar-refractivity contribution in [3.8, 4) is 0 Å². The quantitative estimate of drug-likeness (QED) is 0.643. The zero-order valence-corrected chi connectivity index (χ0v) is 7.87. The van der Waals surface area contributed by atoms with Gasteiger partial charge in [0.05, 0.1) is 6.10 Å². The van der Waals surface area contributed by atoms with Crippen molar-refractivity contribution in [1.29, 1.82) is 0 Å². The predicted molar refractivity (Wildman–Crippen MR) is 51.0 cm³/mol. The first-order valence-electron chi connectivity index (χ1n) is 4.75. The molecule has 12 heavy (non-hydrogen) atoms. The van der Waals surface area contributed by atoms with Crippen molar-refractivity contribution in [3.63, 3.8) is 0 Å². The Kier molecular flexibility index (Phi) is 3.76. The summed E-state index contributed by atoms with van der Waals surface area (Å²) >= 11 is 0. The van der Waals surface area contributed by atoms with Crippen LogP contribution in [0, 0.1) is 5.92 Å². The summed E-state index contributed by atoms with van der Waals surface area (Å²) in [5, 5.41) is 9.58. The molecular formula is C10H19NO. The summed E-state index contributed by atoms with van der Waals surface area (Å²) in [5.41, 5.74) is 0. The minimum Gasteiger partial charge on any atom is -0.392 e. The molecule has 1 heterocycles. The van der Waals surface area contributed by atoms with Crippen molar-refractivity contribution in [2.75, 3.05) is 19.6 Å². The van der Waals surface area contributed by atoms with Crippen LogP contribution in [-0.2, 0) is 0 Å². The van der Waals surface area contributed by atoms with E-state index >= 15 is 0 Å². The van der Waals surface area contributed by atoms with Gasteiger partial charge in [0.1, 0.15) is 0 Å². The van der Waals surface area contributed by atoms with Crippen LogP contribution < -0.4 is 0 Å². The Balaban J connectivity index is 2.25. The van der Waals surface area contributed by atoms with Crippen molar-refractivity contribution < 1.29 is 5.11 Å². The van der Waals surface area contributed by atoms with Crippen molar-refractivity contribution >= 4 is 0 Å². The van der Waals surface area contributed by atoms with Gasteiger partial charge in [-0.3, -0.25) is 0 Å². The molecule has 0 radical (unpaired) electrons. The van der Waals surface area contributed by atoms with Crippen LogP contribution in [0.5, 0.6) is 0 Å². The fraction of sp³-hybridized carbons (Fsp3) is 0.800. The van der Waals surface area contributed by atoms with Gasteiger partial charge in [-0.25, -0.2) is 0 Å². The van der Waals surface area contributed by atoms with Gasteiger partial charge in [0.25, 0.3) is 0 Å². The highest BCUT2D eigenvalue weighted by molar-refractivity contribution is 4.79. The number of likely N-dealkylation sites (tertiary alicyclic amines) is 1. The first kappa shape index (κ1) is 9.75. The van der Waals surface area contributed by atoms with Gasteiger partial charge in [-0.15, -0.1) is 6.58 Å². The average Bonchev–Trinajstić information content (AvgIpc) is 2.07. The van der Waals surface area contributed by atoms with Crippen LogP contribution >= 0.6 is 0 Å². The van der Waals surface area contributed by atoms with Crippen LogP contribution in [0.15, 0.2) is 12.7 Å². The molecule has 0 aromatic heterocycles. The van der Waals surface area contributed by atoms with E-state index in [-0.39, 0.29) is 6.10 Å². The van der Waals surface area contributed by atoms with Gasteiger partial charge >= 0.3 is 0 Å². The molecule has 1 fully saturated rings. The van der Waals surface area contributed by atoms with Crippen LogP contribution in [0.3, 0.4) is 0 Å². The Morgan fingerprint density at radius 3 is 3.00 bits per heavy atom. The maximum Gasteiger partial charge on any atom is 0.0693 e. The summed E-state index contributed by atoms with van der Waals surface area (Å²) in [4.78, 5) is 2.31. The molecule has 2 unspecified atom stereocenters. The monoisotopic (exact) mass is 169 g/mol. The van der Waals surface area contributed by atoms with Crippen LogP contribution in [0.4, 0.5) is 0 Å². The second-order valence-corrected chi connectivity index (χ2v) is 3.71. The lowest BCUT2D eigenvalue weighted by Crippen LogP contribution is -2.43. The van der Waals surface area contributed by atoms with Crippen molar-refractivity contribution in [1.82, 2.24) is 4.90 Å². The summed E-state index contributed by atoms with van der Waals surface area (Å²) in [5.74, 6) is 0.477. The van der Waals surface area contributed by atoms with Gasteiger partial charge in [0.15, 0.2) is 0 Å². The molecule has 0 spiro atoms. The largest absolute Gasteiger partial charge is 0.392 e. The highest BCUT2D eigenvalue weighted by Crippen LogP contribution is 2.16. The van der Waals surface area contributed by atoms with Crippen LogP contribution in [0.2, 0.25) is 0 Å². The molecule has 1 N–H and O–H groups in total. The van der Waals surface area contributed by atoms with E-state index in [0.717, 1.165) is 32.5 Å². The summed E-state index contributed by atoms with van der Waals surface area (Å²) < 4.78 is 0. The molecule has 1 saturated heterocycles. The van der Waals surface area contributed by atoms with Crippen molar-refractivity contribution in [2.24, 2.45) is 5.92 Å². The molecule has 0 aromatic carbocycles. The number of piperidine rings is 1. The molecule has 1 rings (SSSR count). The maximum absolute atomic E-state index is 9.58. The Morgan fingerprint density at radius 2 is 2.42 bits per heavy atom. The zero-order valence-electron chi connectivity index (χ0n) is 7.87. The van der Waals surface area contributed by atoms with Crippen molar-refractivity contribution in [3.05, 3.63) is 12.7 Å². The molecule has 0 saturated carbocycles. The number of hydrogen-bond donors (Lipinski definition) is 1. The molecule has 1 aliphatic rings. The standard InChI is InChI=1S/C10H19NO/c1-3-4-6-11-7-5-9(2)10(12)8-11/h3,9-10,12H,1,4-8H2,2H3. The highest BCUT2D eigenvalue weighted by Gasteiger charge is 2.23. The van der Waals surface area contributed by atoms with E-state index in [9.17, 15) is 5.11 Å². The average molecular weight is 169 g/mol. The fourth-order valence-corrected chi connectivity index (χ4v) is 1.59. The van der Waals surface area contributed by atoms with E-state index in [2.05, 4.69) is 18.4 Å². The third-order valence-electron chi connectivity index (χ3n) is 2.65. The van der Waals surface area contributed by atoms with E-state index < -0.39 is 0 Å². The molecule has 0 amide bonds. The Hall–Kier alpha value is -0.340. The van der Waals surface area contributed by atoms with E-state index in [1.807, 2.05) is 6.08 Å². The SMILES string of the molecule is C=CCCN1CCC(C)C(O)C1. The lowest BCUT2D eigenvalue weighted by atomic mass is 9.96. The number of aliphatic hydroxyl groups is 1. The molecule has 0 aliphatic carbocycles. The smallest absolute Gasteiger partial charge is 0.0693 e. The first-order valence-corrected chi connectivity index (χ1v) is 4.75. The summed E-state index contributed by atoms with van der Waals surface area (Å²) in [7, 11) is 0. The third kappa shape index (κ3) is 2.61. The molecule has 2 atom stereocenters. The maximum atomic E-state index is 9.58. The van der Waals surface area contributed by atoms with Gasteiger partial charge < -0.3 is 10.0 Å². The highest BCUT2D eigenvalue weighted by atomic mass is 16.3. The van der Waals surface area contributed by atoms with Gasteiger partial charge in [-0.2, -0.15) is 0 Å². The van der Waals surface area contributed by atoms with Gasteiger partial charge in [-0.1, -0.05) is 13.0 Å². The fourth-order valence-electron chi connectivity index (χ4n) is 1.59. The van der Waals surface area contributed by atoms with Gasteiger partial charge in [0.2, 0.25) is 0 Å². The van der Waals surface area contributed by atoms with Crippen molar-refractivity contribution in [2.45, 2.75) is 25.9 Å². The molecule has 1 aliphatic heterocycles. The van der Waals surface area contributed by atoms with E-state index in [1.54, 1.807) is 0 Å². The van der Waals surface area contributed by atoms with Gasteiger partial charge in [0, 0.05) is 13.1 Å². The molecule has 2 heteroatoms. The summed E-state index contributed by atoms with van der Waals surface area (Å²) in [6.45, 7) is 8.83. The minimum atomic E-state index is -0.122. The summed E-state index contributed by atoms with van der Waals surface area (Å²) in [6, 6.07) is 0. The molecule has 0 bridgehead atoms. The lowest BCUT2D eigenvalue weighted by molar-refractivity contribution is 0.0301. The number of hydrogen-bond acceptors (Lipinski definition) is 2. The number of rotatable bonds is 3. The number of aliphatic hydroxyl groups excluding tert-OH is 1. The second kappa shape index (κ2) is 4.63. The summed E-state index contributed by atoms with van der Waals surface area (Å²) in [6.07, 6.45) is 3.97. The van der Waals surface area contributed by atoms with Crippen LogP contribution in [-0.4, -0.2) is 35.7 Å². The first-order chi connectivity index (χ1) is 5.74. The Bertz CT molecular complexity index is 147. The van der Waals surface area contributed by atoms with E-state index in [0.29, 0.717) is 5.92 Å². The number of nitrogens with zero attached hydrogens (tertiary/aromatic N) is 1. The molecular weight excluding hydrogens is 150 g/mol. The molecule has 2 nitrogen and oxygen atoms in total. The van der Waals surface area contributed by atoms with E-state index in [1.165, 1.54) is 0 Å². The Morgan fingerprint density at radius 1 is 1.67 bits per heavy atom. The topological polar surface area (TPSA) is 23.5 Å². The normalized spacial score (nSPS) is 31.8. The molecule has 0 aromatic rings. The predicted octanol–water partition coefficient (Wildman–Crippen LogP) is 1.27.